The van der Waals surface area contributed by atoms with E-state index in [-0.39, 0.29) is 5.75 Å². The average Bonchev–Trinajstić information content (AvgIpc) is 2.40. The van der Waals surface area contributed by atoms with Crippen LogP contribution >= 0.6 is 0 Å². The Kier molecular flexibility index (Phi) is 2.69. The maximum atomic E-state index is 9.69. The monoisotopic (exact) mass is 235 g/mol. The zero-order chi connectivity index (χ0) is 12.4. The summed E-state index contributed by atoms with van der Waals surface area (Å²) in [4.78, 5) is 4.01. The molecule has 1 aromatic heterocycles. The van der Waals surface area contributed by atoms with Gasteiger partial charge in [-0.1, -0.05) is 42.5 Å². The minimum atomic E-state index is 0.235. The zero-order valence-electron chi connectivity index (χ0n) is 9.88. The summed E-state index contributed by atoms with van der Waals surface area (Å²) >= 11 is 0. The molecular formula is C16H13NO. The molecule has 0 unspecified atom stereocenters. The molecule has 1 heterocycles. The summed E-state index contributed by atoms with van der Waals surface area (Å²) in [5.74, 6) is 0.235. The third-order valence-electron chi connectivity index (χ3n) is 3.05. The fraction of sp³-hybridized carbons (Fsp3) is 0.0625. The van der Waals surface area contributed by atoms with Crippen LogP contribution in [0.2, 0.25) is 0 Å². The second-order valence-corrected chi connectivity index (χ2v) is 4.38. The lowest BCUT2D eigenvalue weighted by atomic mass is 10.0. The van der Waals surface area contributed by atoms with Gasteiger partial charge in [-0.2, -0.15) is 0 Å². The van der Waals surface area contributed by atoms with Crippen molar-refractivity contribution in [3.05, 3.63) is 72.1 Å². The molecule has 0 radical (unpaired) electrons. The number of fused-ring (bicyclic) bond motifs is 1. The molecule has 0 atom stereocenters. The van der Waals surface area contributed by atoms with Crippen LogP contribution in [0, 0.1) is 0 Å². The Balaban J connectivity index is 1.99. The number of aromatic nitrogens is 1. The first-order valence-electron chi connectivity index (χ1n) is 5.92. The standard InChI is InChI=1S/C16H13NO/c18-16-11-17-10-14-9-13(6-7-15(14)16)8-12-4-2-1-3-5-12/h1-7,9-11,18H,8H2. The van der Waals surface area contributed by atoms with Crippen molar-refractivity contribution in [2.45, 2.75) is 6.42 Å². The number of benzene rings is 2. The van der Waals surface area contributed by atoms with Gasteiger partial charge in [-0.25, -0.2) is 0 Å². The average molecular weight is 235 g/mol. The van der Waals surface area contributed by atoms with Crippen molar-refractivity contribution in [2.24, 2.45) is 0 Å². The number of hydrogen-bond acceptors (Lipinski definition) is 2. The van der Waals surface area contributed by atoms with Gasteiger partial charge in [0, 0.05) is 17.0 Å². The molecule has 0 bridgehead atoms. The summed E-state index contributed by atoms with van der Waals surface area (Å²) in [6.45, 7) is 0. The van der Waals surface area contributed by atoms with Crippen LogP contribution in [0.1, 0.15) is 11.1 Å². The molecule has 0 aliphatic heterocycles. The molecule has 0 aliphatic carbocycles. The summed E-state index contributed by atoms with van der Waals surface area (Å²) in [5.41, 5.74) is 2.51. The van der Waals surface area contributed by atoms with E-state index < -0.39 is 0 Å². The molecule has 0 saturated heterocycles. The SMILES string of the molecule is Oc1cncc2cc(Cc3ccccc3)ccc12. The zero-order valence-corrected chi connectivity index (χ0v) is 9.88. The highest BCUT2D eigenvalue weighted by Gasteiger charge is 2.02. The van der Waals surface area contributed by atoms with Gasteiger partial charge in [-0.05, 0) is 23.6 Å². The van der Waals surface area contributed by atoms with Gasteiger partial charge < -0.3 is 5.11 Å². The predicted octanol–water partition coefficient (Wildman–Crippen LogP) is 3.53. The lowest BCUT2D eigenvalue weighted by molar-refractivity contribution is 0.479. The van der Waals surface area contributed by atoms with Gasteiger partial charge in [0.2, 0.25) is 0 Å². The Morgan fingerprint density at radius 1 is 0.889 bits per heavy atom. The van der Waals surface area contributed by atoms with Crippen molar-refractivity contribution in [3.8, 4) is 5.75 Å². The van der Waals surface area contributed by atoms with Crippen molar-refractivity contribution in [1.29, 1.82) is 0 Å². The molecule has 2 nitrogen and oxygen atoms in total. The molecule has 0 amide bonds. The van der Waals surface area contributed by atoms with Crippen LogP contribution in [-0.2, 0) is 6.42 Å². The van der Waals surface area contributed by atoms with Crippen LogP contribution in [0.15, 0.2) is 60.9 Å². The van der Waals surface area contributed by atoms with Crippen molar-refractivity contribution >= 4 is 10.8 Å². The van der Waals surface area contributed by atoms with E-state index in [1.165, 1.54) is 17.3 Å². The van der Waals surface area contributed by atoms with Crippen LogP contribution < -0.4 is 0 Å². The highest BCUT2D eigenvalue weighted by molar-refractivity contribution is 5.87. The number of nitrogens with zero attached hydrogens (tertiary/aromatic N) is 1. The fourth-order valence-corrected chi connectivity index (χ4v) is 2.15. The lowest BCUT2D eigenvalue weighted by Gasteiger charge is -2.05. The van der Waals surface area contributed by atoms with Crippen LogP contribution in [0.3, 0.4) is 0 Å². The summed E-state index contributed by atoms with van der Waals surface area (Å²) in [6, 6.07) is 16.4. The Morgan fingerprint density at radius 3 is 2.56 bits per heavy atom. The van der Waals surface area contributed by atoms with E-state index in [4.69, 9.17) is 0 Å². The molecule has 2 aromatic carbocycles. The Hall–Kier alpha value is -2.35. The van der Waals surface area contributed by atoms with E-state index in [1.54, 1.807) is 6.20 Å². The first kappa shape index (κ1) is 10.8. The number of pyridine rings is 1. The van der Waals surface area contributed by atoms with Crippen LogP contribution in [-0.4, -0.2) is 10.1 Å². The molecule has 0 aliphatic rings. The van der Waals surface area contributed by atoms with Gasteiger partial charge in [-0.15, -0.1) is 0 Å². The summed E-state index contributed by atoms with van der Waals surface area (Å²) in [5, 5.41) is 11.5. The molecule has 88 valence electrons. The summed E-state index contributed by atoms with van der Waals surface area (Å²) in [7, 11) is 0. The number of rotatable bonds is 2. The van der Waals surface area contributed by atoms with Gasteiger partial charge in [0.05, 0.1) is 6.20 Å². The third-order valence-corrected chi connectivity index (χ3v) is 3.05. The van der Waals surface area contributed by atoms with Crippen molar-refractivity contribution in [1.82, 2.24) is 4.98 Å². The van der Waals surface area contributed by atoms with E-state index >= 15 is 0 Å². The van der Waals surface area contributed by atoms with Gasteiger partial charge in [-0.3, -0.25) is 4.98 Å². The maximum Gasteiger partial charge on any atom is 0.141 e. The predicted molar refractivity (Wildman–Crippen MR) is 72.7 cm³/mol. The van der Waals surface area contributed by atoms with Crippen molar-refractivity contribution in [2.75, 3.05) is 0 Å². The number of hydrogen-bond donors (Lipinski definition) is 1. The lowest BCUT2D eigenvalue weighted by Crippen LogP contribution is -1.88. The molecule has 1 N–H and O–H groups in total. The topological polar surface area (TPSA) is 33.1 Å². The third kappa shape index (κ3) is 2.05. The number of aromatic hydroxyl groups is 1. The smallest absolute Gasteiger partial charge is 0.141 e. The molecule has 0 fully saturated rings. The minimum absolute atomic E-state index is 0.235. The van der Waals surface area contributed by atoms with E-state index in [1.807, 2.05) is 24.3 Å². The molecule has 3 rings (SSSR count). The highest BCUT2D eigenvalue weighted by atomic mass is 16.3. The molecule has 0 saturated carbocycles. The van der Waals surface area contributed by atoms with Gasteiger partial charge >= 0.3 is 0 Å². The second-order valence-electron chi connectivity index (χ2n) is 4.38. The van der Waals surface area contributed by atoms with Crippen LogP contribution in [0.25, 0.3) is 10.8 Å². The minimum Gasteiger partial charge on any atom is -0.506 e. The first-order valence-corrected chi connectivity index (χ1v) is 5.92. The molecule has 0 spiro atoms. The molecule has 3 aromatic rings. The van der Waals surface area contributed by atoms with Gasteiger partial charge in [0.15, 0.2) is 0 Å². The Labute approximate surface area is 106 Å². The van der Waals surface area contributed by atoms with E-state index in [0.29, 0.717) is 0 Å². The van der Waals surface area contributed by atoms with E-state index in [0.717, 1.165) is 17.2 Å². The van der Waals surface area contributed by atoms with Crippen LogP contribution in [0.4, 0.5) is 0 Å². The van der Waals surface area contributed by atoms with Gasteiger partial charge in [0.25, 0.3) is 0 Å². The molecule has 18 heavy (non-hydrogen) atoms. The Morgan fingerprint density at radius 2 is 1.72 bits per heavy atom. The maximum absolute atomic E-state index is 9.69. The summed E-state index contributed by atoms with van der Waals surface area (Å²) in [6.07, 6.45) is 4.15. The quantitative estimate of drug-likeness (QED) is 0.737. The van der Waals surface area contributed by atoms with Crippen LogP contribution in [0.5, 0.6) is 5.75 Å². The highest BCUT2D eigenvalue weighted by Crippen LogP contribution is 2.24. The van der Waals surface area contributed by atoms with E-state index in [9.17, 15) is 5.11 Å². The summed E-state index contributed by atoms with van der Waals surface area (Å²) < 4.78 is 0. The van der Waals surface area contributed by atoms with E-state index in [2.05, 4.69) is 29.2 Å². The fourth-order valence-electron chi connectivity index (χ4n) is 2.15. The van der Waals surface area contributed by atoms with Crippen molar-refractivity contribution < 1.29 is 5.11 Å². The second kappa shape index (κ2) is 4.49. The Bertz CT molecular complexity index is 677. The van der Waals surface area contributed by atoms with Crippen molar-refractivity contribution in [3.63, 3.8) is 0 Å². The largest absolute Gasteiger partial charge is 0.506 e. The molecular weight excluding hydrogens is 222 g/mol. The normalized spacial score (nSPS) is 10.7. The first-order chi connectivity index (χ1) is 8.83. The van der Waals surface area contributed by atoms with Gasteiger partial charge in [0.1, 0.15) is 5.75 Å². The molecule has 2 heteroatoms.